The first-order valence-electron chi connectivity index (χ1n) is 5.71. The summed E-state index contributed by atoms with van der Waals surface area (Å²) in [6.07, 6.45) is 0. The van der Waals surface area contributed by atoms with E-state index in [1.165, 1.54) is 5.56 Å². The molecule has 3 nitrogen and oxygen atoms in total. The summed E-state index contributed by atoms with van der Waals surface area (Å²) in [6, 6.07) is 8.31. The molecule has 17 heavy (non-hydrogen) atoms. The van der Waals surface area contributed by atoms with Gasteiger partial charge in [-0.15, -0.1) is 0 Å². The number of hydrogen-bond donors (Lipinski definition) is 3. The SMILES string of the molecule is C[C@H](NCC(C)(CO)CO)c1ccc(Br)cc1. The van der Waals surface area contributed by atoms with Gasteiger partial charge in [0.25, 0.3) is 0 Å². The van der Waals surface area contributed by atoms with Gasteiger partial charge in [-0.2, -0.15) is 0 Å². The van der Waals surface area contributed by atoms with Crippen molar-refractivity contribution in [3.8, 4) is 0 Å². The van der Waals surface area contributed by atoms with Crippen molar-refractivity contribution in [3.63, 3.8) is 0 Å². The minimum Gasteiger partial charge on any atom is -0.396 e. The minimum absolute atomic E-state index is 0.0242. The van der Waals surface area contributed by atoms with E-state index in [9.17, 15) is 10.2 Å². The molecule has 1 atom stereocenters. The zero-order valence-corrected chi connectivity index (χ0v) is 11.9. The van der Waals surface area contributed by atoms with Crippen LogP contribution in [0, 0.1) is 5.41 Å². The molecule has 1 aromatic carbocycles. The lowest BCUT2D eigenvalue weighted by atomic mass is 9.92. The van der Waals surface area contributed by atoms with E-state index in [-0.39, 0.29) is 19.3 Å². The molecule has 1 aromatic rings. The summed E-state index contributed by atoms with van der Waals surface area (Å²) in [6.45, 7) is 4.46. The number of hydrogen-bond acceptors (Lipinski definition) is 3. The minimum atomic E-state index is -0.469. The van der Waals surface area contributed by atoms with Gasteiger partial charge in [0.1, 0.15) is 0 Å². The van der Waals surface area contributed by atoms with Crippen LogP contribution in [0.3, 0.4) is 0 Å². The molecule has 0 spiro atoms. The molecule has 0 unspecified atom stereocenters. The standard InChI is InChI=1S/C13H20BrNO2/c1-10(11-3-5-12(14)6-4-11)15-7-13(2,8-16)9-17/h3-6,10,15-17H,7-9H2,1-2H3/t10-/m0/s1. The van der Waals surface area contributed by atoms with E-state index in [2.05, 4.69) is 40.3 Å². The second-order valence-electron chi connectivity index (χ2n) is 4.78. The molecule has 0 aliphatic heterocycles. The van der Waals surface area contributed by atoms with E-state index in [1.54, 1.807) is 0 Å². The fourth-order valence-corrected chi connectivity index (χ4v) is 1.69. The lowest BCUT2D eigenvalue weighted by Gasteiger charge is -2.27. The molecular weight excluding hydrogens is 282 g/mol. The Morgan fingerprint density at radius 1 is 1.24 bits per heavy atom. The van der Waals surface area contributed by atoms with Crippen LogP contribution in [-0.4, -0.2) is 30.0 Å². The zero-order chi connectivity index (χ0) is 12.9. The van der Waals surface area contributed by atoms with Gasteiger partial charge in [-0.3, -0.25) is 0 Å². The van der Waals surface area contributed by atoms with Crippen molar-refractivity contribution >= 4 is 15.9 Å². The molecule has 0 bridgehead atoms. The lowest BCUT2D eigenvalue weighted by molar-refractivity contribution is 0.0677. The van der Waals surface area contributed by atoms with Crippen LogP contribution in [0.1, 0.15) is 25.5 Å². The smallest absolute Gasteiger partial charge is 0.0519 e. The Bertz CT molecular complexity index is 336. The highest BCUT2D eigenvalue weighted by Crippen LogP contribution is 2.19. The fraction of sp³-hybridized carbons (Fsp3) is 0.538. The Kier molecular flexibility index (Phi) is 5.59. The maximum Gasteiger partial charge on any atom is 0.0519 e. The fourth-order valence-electron chi connectivity index (χ4n) is 1.43. The molecule has 0 saturated heterocycles. The van der Waals surface area contributed by atoms with Gasteiger partial charge < -0.3 is 15.5 Å². The summed E-state index contributed by atoms with van der Waals surface area (Å²) in [5.74, 6) is 0. The van der Waals surface area contributed by atoms with Crippen LogP contribution in [0.5, 0.6) is 0 Å². The Labute approximate surface area is 111 Å². The molecule has 1 rings (SSSR count). The normalized spacial score (nSPS) is 13.7. The zero-order valence-electron chi connectivity index (χ0n) is 10.3. The molecule has 0 aliphatic rings. The topological polar surface area (TPSA) is 52.5 Å². The van der Waals surface area contributed by atoms with E-state index in [4.69, 9.17) is 0 Å². The van der Waals surface area contributed by atoms with Gasteiger partial charge in [-0.1, -0.05) is 35.0 Å². The van der Waals surface area contributed by atoms with Crippen LogP contribution in [0.2, 0.25) is 0 Å². The summed E-state index contributed by atoms with van der Waals surface area (Å²) >= 11 is 3.40. The van der Waals surface area contributed by atoms with Crippen LogP contribution in [0.4, 0.5) is 0 Å². The molecule has 0 amide bonds. The molecule has 0 aromatic heterocycles. The first-order chi connectivity index (χ1) is 8.00. The van der Waals surface area contributed by atoms with Crippen molar-refractivity contribution in [3.05, 3.63) is 34.3 Å². The van der Waals surface area contributed by atoms with Crippen LogP contribution >= 0.6 is 15.9 Å². The predicted molar refractivity (Wildman–Crippen MR) is 72.8 cm³/mol. The molecule has 0 fully saturated rings. The van der Waals surface area contributed by atoms with Gasteiger partial charge in [-0.25, -0.2) is 0 Å². The number of aliphatic hydroxyl groups excluding tert-OH is 2. The highest BCUT2D eigenvalue weighted by atomic mass is 79.9. The van der Waals surface area contributed by atoms with E-state index in [0.717, 1.165) is 4.47 Å². The summed E-state index contributed by atoms with van der Waals surface area (Å²) < 4.78 is 1.06. The molecule has 3 N–H and O–H groups in total. The second kappa shape index (κ2) is 6.50. The van der Waals surface area contributed by atoms with Crippen molar-refractivity contribution < 1.29 is 10.2 Å². The van der Waals surface area contributed by atoms with Crippen molar-refractivity contribution in [2.75, 3.05) is 19.8 Å². The Morgan fingerprint density at radius 2 is 1.76 bits per heavy atom. The monoisotopic (exact) mass is 301 g/mol. The molecule has 0 saturated carbocycles. The van der Waals surface area contributed by atoms with Crippen LogP contribution in [0.25, 0.3) is 0 Å². The van der Waals surface area contributed by atoms with Crippen molar-refractivity contribution in [2.45, 2.75) is 19.9 Å². The molecule has 96 valence electrons. The lowest BCUT2D eigenvalue weighted by Crippen LogP contribution is -2.38. The summed E-state index contributed by atoms with van der Waals surface area (Å²) in [4.78, 5) is 0. The van der Waals surface area contributed by atoms with Crippen LogP contribution < -0.4 is 5.32 Å². The van der Waals surface area contributed by atoms with Crippen molar-refractivity contribution in [1.82, 2.24) is 5.32 Å². The third-order valence-corrected chi connectivity index (χ3v) is 3.50. The van der Waals surface area contributed by atoms with Crippen molar-refractivity contribution in [1.29, 1.82) is 0 Å². The highest BCUT2D eigenvalue weighted by Gasteiger charge is 2.22. The average molecular weight is 302 g/mol. The highest BCUT2D eigenvalue weighted by molar-refractivity contribution is 9.10. The summed E-state index contributed by atoms with van der Waals surface area (Å²) in [7, 11) is 0. The van der Waals surface area contributed by atoms with Gasteiger partial charge in [0.2, 0.25) is 0 Å². The maximum absolute atomic E-state index is 9.20. The molecule has 0 heterocycles. The Morgan fingerprint density at radius 3 is 2.24 bits per heavy atom. The second-order valence-corrected chi connectivity index (χ2v) is 5.70. The first kappa shape index (κ1) is 14.6. The molecule has 0 radical (unpaired) electrons. The number of rotatable bonds is 6. The van der Waals surface area contributed by atoms with Gasteiger partial charge >= 0.3 is 0 Å². The van der Waals surface area contributed by atoms with E-state index in [1.807, 2.05) is 19.1 Å². The Balaban J connectivity index is 2.55. The number of nitrogens with one attached hydrogen (secondary N) is 1. The summed E-state index contributed by atoms with van der Waals surface area (Å²) in [5.41, 5.74) is 0.718. The van der Waals surface area contributed by atoms with Gasteiger partial charge in [0.15, 0.2) is 0 Å². The van der Waals surface area contributed by atoms with Crippen molar-refractivity contribution in [2.24, 2.45) is 5.41 Å². The van der Waals surface area contributed by atoms with Crippen LogP contribution in [-0.2, 0) is 0 Å². The number of aliphatic hydroxyl groups is 2. The molecule has 4 heteroatoms. The average Bonchev–Trinajstić information content (AvgIpc) is 2.36. The van der Waals surface area contributed by atoms with Crippen LogP contribution in [0.15, 0.2) is 28.7 Å². The molecule has 0 aliphatic carbocycles. The number of benzene rings is 1. The van der Waals surface area contributed by atoms with Gasteiger partial charge in [0, 0.05) is 22.5 Å². The largest absolute Gasteiger partial charge is 0.396 e. The predicted octanol–water partition coefficient (Wildman–Crippen LogP) is 2.09. The third kappa shape index (κ3) is 4.39. The van der Waals surface area contributed by atoms with E-state index in [0.29, 0.717) is 6.54 Å². The summed E-state index contributed by atoms with van der Waals surface area (Å²) in [5, 5.41) is 21.7. The quantitative estimate of drug-likeness (QED) is 0.754. The Hall–Kier alpha value is -0.420. The number of halogens is 1. The van der Waals surface area contributed by atoms with E-state index < -0.39 is 5.41 Å². The maximum atomic E-state index is 9.20. The third-order valence-electron chi connectivity index (χ3n) is 2.97. The van der Waals surface area contributed by atoms with Gasteiger partial charge in [0.05, 0.1) is 13.2 Å². The molecular formula is C13H20BrNO2. The van der Waals surface area contributed by atoms with E-state index >= 15 is 0 Å². The first-order valence-corrected chi connectivity index (χ1v) is 6.50. The van der Waals surface area contributed by atoms with Gasteiger partial charge in [-0.05, 0) is 24.6 Å².